The van der Waals surface area contributed by atoms with Gasteiger partial charge in [-0.05, 0) is 65.1 Å². The zero-order valence-electron chi connectivity index (χ0n) is 10.8. The van der Waals surface area contributed by atoms with Gasteiger partial charge in [0.05, 0.1) is 5.56 Å². The molecule has 0 unspecified atom stereocenters. The molecule has 0 saturated carbocycles. The molecule has 0 aromatic heterocycles. The van der Waals surface area contributed by atoms with Crippen molar-refractivity contribution in [1.29, 1.82) is 0 Å². The average molecular weight is 399 g/mol. The maximum atomic E-state index is 12.9. The molecular weight excluding hydrogens is 388 g/mol. The van der Waals surface area contributed by atoms with Crippen molar-refractivity contribution in [2.75, 3.05) is 11.9 Å². The van der Waals surface area contributed by atoms with Crippen molar-refractivity contribution in [3.63, 3.8) is 0 Å². The lowest BCUT2D eigenvalue weighted by Gasteiger charge is -2.06. The molecule has 2 aromatic rings. The highest BCUT2D eigenvalue weighted by Crippen LogP contribution is 2.10. The first kappa shape index (κ1) is 15.4. The van der Waals surface area contributed by atoms with Crippen molar-refractivity contribution in [2.45, 2.75) is 0 Å². The summed E-state index contributed by atoms with van der Waals surface area (Å²) >= 11 is 2.12. The van der Waals surface area contributed by atoms with E-state index in [2.05, 4.69) is 27.9 Å². The lowest BCUT2D eigenvalue weighted by molar-refractivity contribution is -0.119. The largest absolute Gasteiger partial charge is 0.452 e. The molecule has 6 heteroatoms. The molecule has 0 spiro atoms. The second-order valence-electron chi connectivity index (χ2n) is 4.14. The van der Waals surface area contributed by atoms with Crippen molar-refractivity contribution in [2.24, 2.45) is 0 Å². The molecular formula is C15H11FINO3. The molecule has 0 aliphatic carbocycles. The molecule has 108 valence electrons. The van der Waals surface area contributed by atoms with Gasteiger partial charge in [0.15, 0.2) is 6.61 Å². The van der Waals surface area contributed by atoms with E-state index in [4.69, 9.17) is 4.74 Å². The van der Waals surface area contributed by atoms with Crippen molar-refractivity contribution in [3.8, 4) is 0 Å². The van der Waals surface area contributed by atoms with E-state index >= 15 is 0 Å². The predicted molar refractivity (Wildman–Crippen MR) is 84.5 cm³/mol. The van der Waals surface area contributed by atoms with Crippen LogP contribution in [0.1, 0.15) is 10.4 Å². The number of carbonyl (C=O) groups is 2. The molecule has 0 aliphatic rings. The molecule has 2 aromatic carbocycles. The highest BCUT2D eigenvalue weighted by Gasteiger charge is 2.10. The summed E-state index contributed by atoms with van der Waals surface area (Å²) in [5.41, 5.74) is 0.680. The first-order valence-corrected chi connectivity index (χ1v) is 7.10. The Morgan fingerprint density at radius 1 is 1.14 bits per heavy atom. The van der Waals surface area contributed by atoms with Crippen LogP contribution in [-0.4, -0.2) is 18.5 Å². The maximum absolute atomic E-state index is 12.9. The minimum Gasteiger partial charge on any atom is -0.452 e. The summed E-state index contributed by atoms with van der Waals surface area (Å²) < 4.78 is 18.8. The molecule has 0 radical (unpaired) electrons. The van der Waals surface area contributed by atoms with Crippen LogP contribution in [0.5, 0.6) is 0 Å². The molecule has 1 amide bonds. The van der Waals surface area contributed by atoms with Crippen LogP contribution in [-0.2, 0) is 9.53 Å². The first-order valence-electron chi connectivity index (χ1n) is 6.03. The molecule has 4 nitrogen and oxygen atoms in total. The van der Waals surface area contributed by atoms with Crippen LogP contribution < -0.4 is 5.32 Å². The fourth-order valence-electron chi connectivity index (χ4n) is 1.56. The van der Waals surface area contributed by atoms with Crippen LogP contribution in [0.15, 0.2) is 48.5 Å². The van der Waals surface area contributed by atoms with Gasteiger partial charge in [-0.2, -0.15) is 0 Å². The normalized spacial score (nSPS) is 10.0. The van der Waals surface area contributed by atoms with Crippen LogP contribution in [0, 0.1) is 9.39 Å². The summed E-state index contributed by atoms with van der Waals surface area (Å²) in [5.74, 6) is -1.57. The van der Waals surface area contributed by atoms with Gasteiger partial charge in [0.1, 0.15) is 5.82 Å². The van der Waals surface area contributed by atoms with E-state index < -0.39 is 24.3 Å². The summed E-state index contributed by atoms with van der Waals surface area (Å²) in [6.45, 7) is -0.429. The Bertz CT molecular complexity index is 658. The van der Waals surface area contributed by atoms with Crippen LogP contribution in [0.2, 0.25) is 0 Å². The highest BCUT2D eigenvalue weighted by molar-refractivity contribution is 14.1. The van der Waals surface area contributed by atoms with Gasteiger partial charge in [-0.25, -0.2) is 9.18 Å². The van der Waals surface area contributed by atoms with Gasteiger partial charge in [-0.15, -0.1) is 0 Å². The molecule has 0 aliphatic heterocycles. The smallest absolute Gasteiger partial charge is 0.338 e. The minimum atomic E-state index is -0.583. The van der Waals surface area contributed by atoms with E-state index in [0.29, 0.717) is 11.3 Å². The van der Waals surface area contributed by atoms with Gasteiger partial charge < -0.3 is 10.1 Å². The van der Waals surface area contributed by atoms with Crippen molar-refractivity contribution in [3.05, 3.63) is 63.5 Å². The van der Waals surface area contributed by atoms with Gasteiger partial charge >= 0.3 is 5.97 Å². The van der Waals surface area contributed by atoms with E-state index in [1.807, 2.05) is 0 Å². The molecule has 0 fully saturated rings. The zero-order chi connectivity index (χ0) is 15.2. The fraction of sp³-hybridized carbons (Fsp3) is 0.0667. The number of esters is 1. The number of ether oxygens (including phenoxy) is 1. The Labute approximate surface area is 134 Å². The SMILES string of the molecule is O=C(COC(=O)c1ccc(I)cc1)Nc1cccc(F)c1. The zero-order valence-corrected chi connectivity index (χ0v) is 13.0. The number of nitrogens with one attached hydrogen (secondary N) is 1. The Morgan fingerprint density at radius 2 is 1.86 bits per heavy atom. The maximum Gasteiger partial charge on any atom is 0.338 e. The monoisotopic (exact) mass is 399 g/mol. The van der Waals surface area contributed by atoms with Crippen LogP contribution in [0.4, 0.5) is 10.1 Å². The van der Waals surface area contributed by atoms with E-state index in [9.17, 15) is 14.0 Å². The summed E-state index contributed by atoms with van der Waals surface area (Å²) in [5, 5.41) is 2.44. The standard InChI is InChI=1S/C15H11FINO3/c16-11-2-1-3-13(8-11)18-14(19)9-21-15(20)10-4-6-12(17)7-5-10/h1-8H,9H2,(H,18,19). The molecule has 1 N–H and O–H groups in total. The van der Waals surface area contributed by atoms with E-state index in [1.165, 1.54) is 18.2 Å². The predicted octanol–water partition coefficient (Wildman–Crippen LogP) is 3.23. The van der Waals surface area contributed by atoms with Crippen LogP contribution >= 0.6 is 22.6 Å². The Balaban J connectivity index is 1.86. The first-order chi connectivity index (χ1) is 10.0. The van der Waals surface area contributed by atoms with E-state index in [1.54, 1.807) is 30.3 Å². The number of hydrogen-bond donors (Lipinski definition) is 1. The van der Waals surface area contributed by atoms with Gasteiger partial charge in [-0.1, -0.05) is 6.07 Å². The number of carbonyl (C=O) groups excluding carboxylic acids is 2. The summed E-state index contributed by atoms with van der Waals surface area (Å²) in [4.78, 5) is 23.3. The number of benzene rings is 2. The third-order valence-electron chi connectivity index (χ3n) is 2.52. The van der Waals surface area contributed by atoms with Gasteiger partial charge in [-0.3, -0.25) is 4.79 Å². The minimum absolute atomic E-state index is 0.310. The fourth-order valence-corrected chi connectivity index (χ4v) is 1.92. The van der Waals surface area contributed by atoms with Crippen molar-refractivity contribution >= 4 is 40.2 Å². The van der Waals surface area contributed by atoms with Gasteiger partial charge in [0.2, 0.25) is 0 Å². The van der Waals surface area contributed by atoms with Gasteiger partial charge in [0.25, 0.3) is 5.91 Å². The third kappa shape index (κ3) is 4.82. The number of amides is 1. The second-order valence-corrected chi connectivity index (χ2v) is 5.39. The average Bonchev–Trinajstić information content (AvgIpc) is 2.45. The second kappa shape index (κ2) is 7.16. The molecule has 0 heterocycles. The molecule has 0 saturated heterocycles. The molecule has 0 bridgehead atoms. The number of hydrogen-bond acceptors (Lipinski definition) is 3. The molecule has 2 rings (SSSR count). The van der Waals surface area contributed by atoms with Crippen molar-refractivity contribution in [1.82, 2.24) is 0 Å². The topological polar surface area (TPSA) is 55.4 Å². The number of anilines is 1. The number of rotatable bonds is 4. The van der Waals surface area contributed by atoms with E-state index in [-0.39, 0.29) is 0 Å². The summed E-state index contributed by atoms with van der Waals surface area (Å²) in [6, 6.07) is 12.2. The van der Waals surface area contributed by atoms with Crippen LogP contribution in [0.25, 0.3) is 0 Å². The van der Waals surface area contributed by atoms with E-state index in [0.717, 1.165) is 3.57 Å². The summed E-state index contributed by atoms with van der Waals surface area (Å²) in [7, 11) is 0. The molecule has 21 heavy (non-hydrogen) atoms. The highest BCUT2D eigenvalue weighted by atomic mass is 127. The lowest BCUT2D eigenvalue weighted by Crippen LogP contribution is -2.20. The van der Waals surface area contributed by atoms with Crippen molar-refractivity contribution < 1.29 is 18.7 Å². The quantitative estimate of drug-likeness (QED) is 0.635. The van der Waals surface area contributed by atoms with Gasteiger partial charge in [0, 0.05) is 9.26 Å². The number of halogens is 2. The van der Waals surface area contributed by atoms with Crippen LogP contribution in [0.3, 0.4) is 0 Å². The molecule has 0 atom stereocenters. The Morgan fingerprint density at radius 3 is 2.52 bits per heavy atom. The Hall–Kier alpha value is -1.96. The Kier molecular flexibility index (Phi) is 5.26. The summed E-state index contributed by atoms with van der Waals surface area (Å²) in [6.07, 6.45) is 0. The third-order valence-corrected chi connectivity index (χ3v) is 3.24. The lowest BCUT2D eigenvalue weighted by atomic mass is 10.2.